The third kappa shape index (κ3) is 6.01. The second-order valence-electron chi connectivity index (χ2n) is 7.16. The van der Waals surface area contributed by atoms with Crippen LogP contribution in [0.25, 0.3) is 0 Å². The maximum atomic E-state index is 12.5. The zero-order valence-electron chi connectivity index (χ0n) is 15.9. The molecule has 1 aliphatic carbocycles. The fraction of sp³-hybridized carbons (Fsp3) is 0.364. The first-order valence-electron chi connectivity index (χ1n) is 9.78. The summed E-state index contributed by atoms with van der Waals surface area (Å²) in [7, 11) is 0. The van der Waals surface area contributed by atoms with Crippen molar-refractivity contribution < 1.29 is 14.3 Å². The molecule has 0 spiro atoms. The molecule has 6 heteroatoms. The Morgan fingerprint density at radius 1 is 1.00 bits per heavy atom. The van der Waals surface area contributed by atoms with E-state index in [2.05, 4.69) is 10.6 Å². The number of primary amides is 1. The lowest BCUT2D eigenvalue weighted by Gasteiger charge is -2.24. The number of carbonyl (C=O) groups excluding carboxylic acids is 2. The van der Waals surface area contributed by atoms with Crippen LogP contribution < -0.4 is 21.1 Å². The highest BCUT2D eigenvalue weighted by molar-refractivity contribution is 5.79. The van der Waals surface area contributed by atoms with Gasteiger partial charge in [0.2, 0.25) is 5.91 Å². The summed E-state index contributed by atoms with van der Waals surface area (Å²) in [4.78, 5) is 24.0. The summed E-state index contributed by atoms with van der Waals surface area (Å²) in [6.45, 7) is 0. The maximum absolute atomic E-state index is 12.5. The Morgan fingerprint density at radius 3 is 2.43 bits per heavy atom. The van der Waals surface area contributed by atoms with Gasteiger partial charge in [-0.25, -0.2) is 4.79 Å². The van der Waals surface area contributed by atoms with Crippen molar-refractivity contribution in [1.29, 1.82) is 0 Å². The van der Waals surface area contributed by atoms with Crippen LogP contribution in [0.2, 0.25) is 0 Å². The molecule has 28 heavy (non-hydrogen) atoms. The van der Waals surface area contributed by atoms with Crippen molar-refractivity contribution in [3.05, 3.63) is 60.2 Å². The molecule has 1 saturated carbocycles. The lowest BCUT2D eigenvalue weighted by Crippen LogP contribution is -2.40. The number of para-hydroxylation sites is 1. The molecule has 3 amide bonds. The second-order valence-corrected chi connectivity index (χ2v) is 7.16. The summed E-state index contributed by atoms with van der Waals surface area (Å²) < 4.78 is 5.86. The molecular formula is C22H27N3O3. The van der Waals surface area contributed by atoms with Crippen molar-refractivity contribution >= 4 is 11.9 Å². The summed E-state index contributed by atoms with van der Waals surface area (Å²) in [6, 6.07) is 15.8. The first kappa shape index (κ1) is 19.7. The van der Waals surface area contributed by atoms with Crippen LogP contribution >= 0.6 is 0 Å². The van der Waals surface area contributed by atoms with Crippen molar-refractivity contribution in [3.8, 4) is 11.5 Å². The van der Waals surface area contributed by atoms with Gasteiger partial charge in [0, 0.05) is 6.04 Å². The van der Waals surface area contributed by atoms with Crippen LogP contribution in [0.1, 0.15) is 50.1 Å². The van der Waals surface area contributed by atoms with Gasteiger partial charge in [0.15, 0.2) is 0 Å². The van der Waals surface area contributed by atoms with E-state index >= 15 is 0 Å². The van der Waals surface area contributed by atoms with Crippen molar-refractivity contribution in [2.45, 2.75) is 50.6 Å². The number of benzene rings is 2. The Bertz CT molecular complexity index is 789. The van der Waals surface area contributed by atoms with E-state index in [-0.39, 0.29) is 18.4 Å². The minimum absolute atomic E-state index is 0.0833. The first-order chi connectivity index (χ1) is 13.6. The number of urea groups is 1. The zero-order valence-corrected chi connectivity index (χ0v) is 15.9. The molecule has 1 fully saturated rings. The van der Waals surface area contributed by atoms with E-state index in [1.54, 1.807) is 0 Å². The molecule has 1 aliphatic rings. The van der Waals surface area contributed by atoms with Crippen molar-refractivity contribution in [3.63, 3.8) is 0 Å². The molecule has 2 aromatic rings. The van der Waals surface area contributed by atoms with Gasteiger partial charge in [-0.3, -0.25) is 4.79 Å². The monoisotopic (exact) mass is 381 g/mol. The highest BCUT2D eigenvalue weighted by Crippen LogP contribution is 2.26. The fourth-order valence-electron chi connectivity index (χ4n) is 3.56. The average molecular weight is 381 g/mol. The Balaban J connectivity index is 1.69. The lowest BCUT2D eigenvalue weighted by molar-refractivity contribution is -0.122. The number of amides is 3. The van der Waals surface area contributed by atoms with E-state index in [9.17, 15) is 9.59 Å². The predicted octanol–water partition coefficient (Wildman–Crippen LogP) is 4.03. The molecule has 0 saturated heterocycles. The van der Waals surface area contributed by atoms with Gasteiger partial charge in [-0.05, 0) is 42.7 Å². The number of hydrogen-bond donors (Lipinski definition) is 3. The Labute approximate surface area is 165 Å². The Kier molecular flexibility index (Phi) is 6.89. The molecule has 148 valence electrons. The zero-order chi connectivity index (χ0) is 19.8. The first-order valence-corrected chi connectivity index (χ1v) is 9.78. The summed E-state index contributed by atoms with van der Waals surface area (Å²) in [5, 5.41) is 5.76. The van der Waals surface area contributed by atoms with Crippen LogP contribution in [0.3, 0.4) is 0 Å². The van der Waals surface area contributed by atoms with Crippen molar-refractivity contribution in [2.75, 3.05) is 0 Å². The van der Waals surface area contributed by atoms with E-state index in [0.29, 0.717) is 11.5 Å². The molecule has 0 aromatic heterocycles. The number of ether oxygens (including phenoxy) is 1. The molecule has 1 atom stereocenters. The molecule has 2 aromatic carbocycles. The predicted molar refractivity (Wildman–Crippen MR) is 108 cm³/mol. The molecule has 0 heterocycles. The highest BCUT2D eigenvalue weighted by Gasteiger charge is 2.21. The van der Waals surface area contributed by atoms with Gasteiger partial charge in [0.1, 0.15) is 11.5 Å². The molecule has 4 N–H and O–H groups in total. The number of nitrogens with two attached hydrogens (primary N) is 1. The van der Waals surface area contributed by atoms with Gasteiger partial charge in [0.25, 0.3) is 0 Å². The molecule has 3 rings (SSSR count). The minimum Gasteiger partial charge on any atom is -0.457 e. The molecule has 0 bridgehead atoms. The topological polar surface area (TPSA) is 93.5 Å². The van der Waals surface area contributed by atoms with Crippen LogP contribution in [0.5, 0.6) is 11.5 Å². The van der Waals surface area contributed by atoms with Crippen LogP contribution in [0.15, 0.2) is 54.6 Å². The quantitative estimate of drug-likeness (QED) is 0.676. The van der Waals surface area contributed by atoms with Crippen molar-refractivity contribution in [1.82, 2.24) is 10.6 Å². The maximum Gasteiger partial charge on any atom is 0.312 e. The van der Waals surface area contributed by atoms with E-state index in [1.165, 1.54) is 6.42 Å². The van der Waals surface area contributed by atoms with E-state index in [0.717, 1.165) is 31.2 Å². The van der Waals surface area contributed by atoms with Gasteiger partial charge in [0.05, 0.1) is 12.5 Å². The molecule has 0 aliphatic heterocycles. The summed E-state index contributed by atoms with van der Waals surface area (Å²) in [6.07, 6.45) is 5.68. The molecule has 6 nitrogen and oxygen atoms in total. The third-order valence-electron chi connectivity index (χ3n) is 4.92. The lowest BCUT2D eigenvalue weighted by atomic mass is 9.95. The van der Waals surface area contributed by atoms with E-state index in [4.69, 9.17) is 10.5 Å². The van der Waals surface area contributed by atoms with Gasteiger partial charge in [-0.15, -0.1) is 0 Å². The van der Waals surface area contributed by atoms with E-state index < -0.39 is 12.1 Å². The van der Waals surface area contributed by atoms with Crippen LogP contribution in [-0.2, 0) is 4.79 Å². The highest BCUT2D eigenvalue weighted by atomic mass is 16.5. The molecular weight excluding hydrogens is 354 g/mol. The second kappa shape index (κ2) is 9.78. The van der Waals surface area contributed by atoms with Gasteiger partial charge in [-0.1, -0.05) is 49.6 Å². The largest absolute Gasteiger partial charge is 0.457 e. The minimum atomic E-state index is -0.662. The third-order valence-corrected chi connectivity index (χ3v) is 4.92. The average Bonchev–Trinajstić information content (AvgIpc) is 2.69. The summed E-state index contributed by atoms with van der Waals surface area (Å²) in [5.74, 6) is 1.27. The Hall–Kier alpha value is -3.02. The van der Waals surface area contributed by atoms with Crippen molar-refractivity contribution in [2.24, 2.45) is 5.73 Å². The van der Waals surface area contributed by atoms with Gasteiger partial charge >= 0.3 is 6.03 Å². The normalized spacial score (nSPS) is 15.4. The smallest absolute Gasteiger partial charge is 0.312 e. The number of rotatable bonds is 7. The molecule has 0 radical (unpaired) electrons. The van der Waals surface area contributed by atoms with E-state index in [1.807, 2.05) is 54.6 Å². The van der Waals surface area contributed by atoms with Gasteiger partial charge in [-0.2, -0.15) is 0 Å². The van der Waals surface area contributed by atoms with Crippen LogP contribution in [0.4, 0.5) is 4.79 Å². The number of hydrogen-bond acceptors (Lipinski definition) is 3. The fourth-order valence-corrected chi connectivity index (χ4v) is 3.56. The molecule has 1 unspecified atom stereocenters. The van der Waals surface area contributed by atoms with Gasteiger partial charge < -0.3 is 21.1 Å². The SMILES string of the molecule is NC(=O)NC(CC(=O)NC1CCCCC1)c1cccc(Oc2ccccc2)c1. The number of nitrogens with one attached hydrogen (secondary N) is 2. The standard InChI is InChI=1S/C22H27N3O3/c23-22(27)25-20(15-21(26)24-17-9-3-1-4-10-17)16-8-7-13-19(14-16)28-18-11-5-2-6-12-18/h2,5-8,11-14,17,20H,1,3-4,9-10,15H2,(H,24,26)(H3,23,25,27). The van der Waals surface area contributed by atoms with Crippen LogP contribution in [-0.4, -0.2) is 18.0 Å². The Morgan fingerprint density at radius 2 is 1.71 bits per heavy atom. The summed E-state index contributed by atoms with van der Waals surface area (Å²) in [5.41, 5.74) is 6.11. The van der Waals surface area contributed by atoms with Crippen LogP contribution in [0, 0.1) is 0 Å². The number of carbonyl (C=O) groups is 2. The summed E-state index contributed by atoms with van der Waals surface area (Å²) >= 11 is 0.